The van der Waals surface area contributed by atoms with E-state index in [1.807, 2.05) is 6.92 Å². The number of likely N-dealkylation sites (N-methyl/N-ethyl adjacent to an activating group) is 1. The van der Waals surface area contributed by atoms with Gasteiger partial charge in [0.1, 0.15) is 0 Å². The third kappa shape index (κ3) is 2.79. The van der Waals surface area contributed by atoms with Crippen molar-refractivity contribution in [2.24, 2.45) is 11.3 Å². The molecule has 118 valence electrons. The lowest BCUT2D eigenvalue weighted by Crippen LogP contribution is -2.70. The molecule has 0 aromatic heterocycles. The number of nitrogens with one attached hydrogen (secondary N) is 1. The second-order valence-electron chi connectivity index (χ2n) is 5.69. The molecule has 0 aliphatic heterocycles. The first-order valence-corrected chi connectivity index (χ1v) is 7.71. The zero-order chi connectivity index (χ0) is 15.3. The average Bonchev–Trinajstić information content (AvgIpc) is 2.46. The smallest absolute Gasteiger partial charge is 0.317 e. The largest absolute Gasteiger partial charge is 0.395 e. The lowest BCUT2D eigenvalue weighted by molar-refractivity contribution is -0.164. The summed E-state index contributed by atoms with van der Waals surface area (Å²) in [5.74, 6) is 0.316. The third-order valence-corrected chi connectivity index (χ3v) is 5.08. The van der Waals surface area contributed by atoms with E-state index < -0.39 is 0 Å². The SMILES string of the molecule is CCN(CCO)C(=O)NC1C(C)C(OC)C1(CC)CC. The normalized spacial score (nSPS) is 27.8. The minimum atomic E-state index is -0.0840. The van der Waals surface area contributed by atoms with E-state index >= 15 is 0 Å². The minimum Gasteiger partial charge on any atom is -0.395 e. The second-order valence-corrected chi connectivity index (χ2v) is 5.69. The van der Waals surface area contributed by atoms with Crippen LogP contribution in [0.4, 0.5) is 4.79 Å². The van der Waals surface area contributed by atoms with Gasteiger partial charge in [-0.2, -0.15) is 0 Å². The van der Waals surface area contributed by atoms with Gasteiger partial charge in [0, 0.05) is 37.6 Å². The number of aliphatic hydroxyl groups excluding tert-OH is 1. The Morgan fingerprint density at radius 3 is 2.35 bits per heavy atom. The zero-order valence-electron chi connectivity index (χ0n) is 13.5. The Labute approximate surface area is 122 Å². The van der Waals surface area contributed by atoms with Crippen LogP contribution in [0.2, 0.25) is 0 Å². The number of nitrogens with zero attached hydrogens (tertiary/aromatic N) is 1. The van der Waals surface area contributed by atoms with E-state index in [0.29, 0.717) is 19.0 Å². The van der Waals surface area contributed by atoms with Crippen LogP contribution in [0.5, 0.6) is 0 Å². The van der Waals surface area contributed by atoms with Gasteiger partial charge >= 0.3 is 6.03 Å². The van der Waals surface area contributed by atoms with Crippen molar-refractivity contribution in [3.05, 3.63) is 0 Å². The molecule has 0 radical (unpaired) electrons. The topological polar surface area (TPSA) is 61.8 Å². The van der Waals surface area contributed by atoms with E-state index in [1.54, 1.807) is 12.0 Å². The van der Waals surface area contributed by atoms with Gasteiger partial charge in [0.2, 0.25) is 0 Å². The minimum absolute atomic E-state index is 0.00508. The summed E-state index contributed by atoms with van der Waals surface area (Å²) in [7, 11) is 1.75. The highest BCUT2D eigenvalue weighted by Gasteiger charge is 2.59. The lowest BCUT2D eigenvalue weighted by Gasteiger charge is -2.59. The van der Waals surface area contributed by atoms with Crippen molar-refractivity contribution in [1.82, 2.24) is 10.2 Å². The molecule has 0 saturated heterocycles. The van der Waals surface area contributed by atoms with E-state index in [1.165, 1.54) is 0 Å². The first-order valence-electron chi connectivity index (χ1n) is 7.71. The molecule has 1 fully saturated rings. The van der Waals surface area contributed by atoms with Crippen LogP contribution in [0.15, 0.2) is 0 Å². The van der Waals surface area contributed by atoms with Crippen LogP contribution in [0.3, 0.4) is 0 Å². The lowest BCUT2D eigenvalue weighted by atomic mass is 9.53. The van der Waals surface area contributed by atoms with Crippen LogP contribution in [0.25, 0.3) is 0 Å². The van der Waals surface area contributed by atoms with E-state index in [4.69, 9.17) is 9.84 Å². The molecule has 0 heterocycles. The van der Waals surface area contributed by atoms with E-state index in [-0.39, 0.29) is 30.2 Å². The van der Waals surface area contributed by atoms with Gasteiger partial charge in [-0.15, -0.1) is 0 Å². The molecule has 1 saturated carbocycles. The number of rotatable bonds is 7. The summed E-state index contributed by atoms with van der Waals surface area (Å²) in [6.07, 6.45) is 2.18. The quantitative estimate of drug-likeness (QED) is 0.751. The van der Waals surface area contributed by atoms with E-state index in [2.05, 4.69) is 26.1 Å². The van der Waals surface area contributed by atoms with Crippen molar-refractivity contribution in [2.45, 2.75) is 52.7 Å². The number of aliphatic hydroxyl groups is 1. The number of urea groups is 1. The van der Waals surface area contributed by atoms with Crippen LogP contribution < -0.4 is 5.32 Å². The van der Waals surface area contributed by atoms with Crippen LogP contribution in [0, 0.1) is 11.3 Å². The maximum absolute atomic E-state index is 12.3. The summed E-state index contributed by atoms with van der Waals surface area (Å²) in [6, 6.07) is 0.0573. The Morgan fingerprint density at radius 1 is 1.35 bits per heavy atom. The van der Waals surface area contributed by atoms with Crippen LogP contribution in [-0.4, -0.2) is 55.0 Å². The van der Waals surface area contributed by atoms with Crippen molar-refractivity contribution >= 4 is 6.03 Å². The summed E-state index contributed by atoms with van der Waals surface area (Å²) in [5.41, 5.74) is 0.0302. The fraction of sp³-hybridized carbons (Fsp3) is 0.933. The molecule has 5 nitrogen and oxygen atoms in total. The molecule has 1 aliphatic rings. The number of carbonyl (C=O) groups excluding carboxylic acids is 1. The number of carbonyl (C=O) groups is 1. The predicted molar refractivity (Wildman–Crippen MR) is 79.6 cm³/mol. The molecule has 3 unspecified atom stereocenters. The van der Waals surface area contributed by atoms with Crippen LogP contribution >= 0.6 is 0 Å². The maximum Gasteiger partial charge on any atom is 0.317 e. The van der Waals surface area contributed by atoms with Crippen molar-refractivity contribution in [3.8, 4) is 0 Å². The van der Waals surface area contributed by atoms with Crippen molar-refractivity contribution in [1.29, 1.82) is 0 Å². The summed E-state index contributed by atoms with van der Waals surface area (Å²) in [6.45, 7) is 9.34. The molecule has 1 aliphatic carbocycles. The van der Waals surface area contributed by atoms with Crippen molar-refractivity contribution in [2.75, 3.05) is 26.8 Å². The van der Waals surface area contributed by atoms with Gasteiger partial charge in [0.15, 0.2) is 0 Å². The van der Waals surface area contributed by atoms with Crippen LogP contribution in [-0.2, 0) is 4.74 Å². The number of hydrogen-bond acceptors (Lipinski definition) is 3. The van der Waals surface area contributed by atoms with Gasteiger partial charge in [-0.05, 0) is 19.8 Å². The van der Waals surface area contributed by atoms with Gasteiger partial charge in [0.25, 0.3) is 0 Å². The molecular formula is C15H30N2O3. The first kappa shape index (κ1) is 17.2. The molecule has 1 rings (SSSR count). The van der Waals surface area contributed by atoms with Gasteiger partial charge in [-0.25, -0.2) is 4.79 Å². The second kappa shape index (κ2) is 7.27. The Morgan fingerprint density at radius 2 is 1.95 bits per heavy atom. The van der Waals surface area contributed by atoms with E-state index in [0.717, 1.165) is 12.8 Å². The van der Waals surface area contributed by atoms with Crippen molar-refractivity contribution in [3.63, 3.8) is 0 Å². The molecule has 2 amide bonds. The summed E-state index contributed by atoms with van der Waals surface area (Å²) in [5, 5.41) is 12.2. The van der Waals surface area contributed by atoms with Gasteiger partial charge < -0.3 is 20.1 Å². The Bertz CT molecular complexity index is 318. The standard InChI is InChI=1S/C15H30N2O3/c1-6-15(7-2)12(11(4)13(15)20-5)16-14(19)17(8-3)9-10-18/h11-13,18H,6-10H2,1-5H3,(H,16,19). The number of amides is 2. The van der Waals surface area contributed by atoms with Gasteiger partial charge in [0.05, 0.1) is 12.7 Å². The van der Waals surface area contributed by atoms with Crippen LogP contribution in [0.1, 0.15) is 40.5 Å². The fourth-order valence-corrected chi connectivity index (χ4v) is 3.85. The highest BCUT2D eigenvalue weighted by atomic mass is 16.5. The molecular weight excluding hydrogens is 256 g/mol. The molecule has 5 heteroatoms. The highest BCUT2D eigenvalue weighted by Crippen LogP contribution is 2.52. The third-order valence-electron chi connectivity index (χ3n) is 5.08. The number of ether oxygens (including phenoxy) is 1. The molecule has 0 aromatic rings. The summed E-state index contributed by atoms with van der Waals surface area (Å²) < 4.78 is 5.64. The number of methoxy groups -OCH3 is 1. The summed E-state index contributed by atoms with van der Waals surface area (Å²) in [4.78, 5) is 13.9. The Hall–Kier alpha value is -0.810. The molecule has 3 atom stereocenters. The number of hydrogen-bond donors (Lipinski definition) is 2. The molecule has 20 heavy (non-hydrogen) atoms. The zero-order valence-corrected chi connectivity index (χ0v) is 13.5. The highest BCUT2D eigenvalue weighted by molar-refractivity contribution is 5.75. The monoisotopic (exact) mass is 286 g/mol. The molecule has 0 bridgehead atoms. The molecule has 2 N–H and O–H groups in total. The Kier molecular flexibility index (Phi) is 6.27. The average molecular weight is 286 g/mol. The molecule has 0 aromatic carbocycles. The summed E-state index contributed by atoms with van der Waals surface area (Å²) >= 11 is 0. The Balaban J connectivity index is 2.77. The fourth-order valence-electron chi connectivity index (χ4n) is 3.85. The molecule has 0 spiro atoms. The van der Waals surface area contributed by atoms with E-state index in [9.17, 15) is 4.79 Å². The van der Waals surface area contributed by atoms with Crippen molar-refractivity contribution < 1.29 is 14.6 Å². The van der Waals surface area contributed by atoms with Gasteiger partial charge in [-0.3, -0.25) is 0 Å². The first-order chi connectivity index (χ1) is 9.52. The van der Waals surface area contributed by atoms with Gasteiger partial charge in [-0.1, -0.05) is 20.8 Å². The predicted octanol–water partition coefficient (Wildman–Crippen LogP) is 1.85. The maximum atomic E-state index is 12.3.